The van der Waals surface area contributed by atoms with Gasteiger partial charge in [-0.3, -0.25) is 4.99 Å². The summed E-state index contributed by atoms with van der Waals surface area (Å²) in [5, 5.41) is 6.55. The van der Waals surface area contributed by atoms with Crippen LogP contribution < -0.4 is 15.4 Å². The number of hydrogen-bond acceptors (Lipinski definition) is 4. The molecule has 1 unspecified atom stereocenters. The zero-order valence-electron chi connectivity index (χ0n) is 18.7. The Morgan fingerprint density at radius 2 is 2.03 bits per heavy atom. The van der Waals surface area contributed by atoms with Gasteiger partial charge in [-0.1, -0.05) is 30.3 Å². The van der Waals surface area contributed by atoms with Crippen molar-refractivity contribution in [3.8, 4) is 5.75 Å². The summed E-state index contributed by atoms with van der Waals surface area (Å²) in [6.07, 6.45) is 1.53. The van der Waals surface area contributed by atoms with Crippen LogP contribution in [0, 0.1) is 5.82 Å². The monoisotopic (exact) mass is 557 g/mol. The van der Waals surface area contributed by atoms with E-state index in [1.54, 1.807) is 0 Å². The minimum Gasteiger partial charge on any atom is -0.467 e. The van der Waals surface area contributed by atoms with Crippen molar-refractivity contribution in [2.24, 2.45) is 4.99 Å². The Hall–Kier alpha value is -1.91. The lowest BCUT2D eigenvalue weighted by Gasteiger charge is -2.21. The van der Waals surface area contributed by atoms with Crippen molar-refractivity contribution in [3.63, 3.8) is 0 Å². The van der Waals surface area contributed by atoms with Gasteiger partial charge in [0, 0.05) is 31.8 Å². The molecule has 1 heterocycles. The van der Waals surface area contributed by atoms with E-state index >= 15 is 0 Å². The van der Waals surface area contributed by atoms with Gasteiger partial charge in [0.1, 0.15) is 11.6 Å². The summed E-state index contributed by atoms with van der Waals surface area (Å²) >= 11 is 0. The van der Waals surface area contributed by atoms with E-state index in [9.17, 15) is 4.39 Å². The summed E-state index contributed by atoms with van der Waals surface area (Å²) in [6.45, 7) is 7.36. The van der Waals surface area contributed by atoms with Gasteiger partial charge < -0.3 is 24.8 Å². The lowest BCUT2D eigenvalue weighted by molar-refractivity contribution is -0.0172. The second-order valence-electron chi connectivity index (χ2n) is 7.38. The highest BCUT2D eigenvalue weighted by Crippen LogP contribution is 2.29. The van der Waals surface area contributed by atoms with E-state index in [1.807, 2.05) is 25.1 Å². The van der Waals surface area contributed by atoms with Crippen molar-refractivity contribution in [1.29, 1.82) is 0 Å². The fourth-order valence-corrected chi connectivity index (χ4v) is 3.44. The van der Waals surface area contributed by atoms with E-state index in [2.05, 4.69) is 34.7 Å². The van der Waals surface area contributed by atoms with Crippen molar-refractivity contribution >= 4 is 29.9 Å². The van der Waals surface area contributed by atoms with Gasteiger partial charge in [-0.05, 0) is 49.9 Å². The molecule has 2 aromatic rings. The van der Waals surface area contributed by atoms with Crippen molar-refractivity contribution < 1.29 is 18.6 Å². The Bertz CT molecular complexity index is 852. The van der Waals surface area contributed by atoms with E-state index in [4.69, 9.17) is 14.2 Å². The highest BCUT2D eigenvalue weighted by atomic mass is 127. The molecular weight excluding hydrogens is 524 g/mol. The second-order valence-corrected chi connectivity index (χ2v) is 7.38. The van der Waals surface area contributed by atoms with Crippen molar-refractivity contribution in [2.75, 3.05) is 33.0 Å². The first kappa shape index (κ1) is 26.3. The van der Waals surface area contributed by atoms with Crippen LogP contribution in [0.2, 0.25) is 0 Å². The van der Waals surface area contributed by atoms with Gasteiger partial charge in [0.05, 0.1) is 12.7 Å². The molecule has 0 bridgehead atoms. The molecule has 0 aromatic heterocycles. The lowest BCUT2D eigenvalue weighted by atomic mass is 10.1. The largest absolute Gasteiger partial charge is 0.467 e. The van der Waals surface area contributed by atoms with E-state index in [-0.39, 0.29) is 42.7 Å². The highest BCUT2D eigenvalue weighted by Gasteiger charge is 2.16. The third kappa shape index (κ3) is 8.22. The SMILES string of the molecule is CCNC(=NCCCOC(C)c1ccccc1)NCCc1cc(F)cc2c1OCOC2.I. The van der Waals surface area contributed by atoms with Crippen LogP contribution in [-0.4, -0.2) is 39.0 Å². The summed E-state index contributed by atoms with van der Waals surface area (Å²) in [5.74, 6) is 1.21. The zero-order chi connectivity index (χ0) is 21.9. The third-order valence-corrected chi connectivity index (χ3v) is 4.99. The molecule has 1 atom stereocenters. The average Bonchev–Trinajstić information content (AvgIpc) is 2.79. The average molecular weight is 557 g/mol. The fraction of sp³-hybridized carbons (Fsp3) is 0.458. The molecular formula is C24H33FIN3O3. The minimum atomic E-state index is -0.270. The van der Waals surface area contributed by atoms with Crippen molar-refractivity contribution in [2.45, 2.75) is 39.4 Å². The lowest BCUT2D eigenvalue weighted by Crippen LogP contribution is -2.38. The van der Waals surface area contributed by atoms with Crippen molar-refractivity contribution in [1.82, 2.24) is 10.6 Å². The third-order valence-electron chi connectivity index (χ3n) is 4.99. The summed E-state index contributed by atoms with van der Waals surface area (Å²) in [6, 6.07) is 13.2. The van der Waals surface area contributed by atoms with E-state index in [1.165, 1.54) is 17.7 Å². The molecule has 0 saturated carbocycles. The van der Waals surface area contributed by atoms with Crippen LogP contribution in [0.3, 0.4) is 0 Å². The molecule has 6 nitrogen and oxygen atoms in total. The number of nitrogens with one attached hydrogen (secondary N) is 2. The van der Waals surface area contributed by atoms with Crippen LogP contribution in [0.1, 0.15) is 43.1 Å². The molecule has 1 aliphatic heterocycles. The van der Waals surface area contributed by atoms with Crippen LogP contribution >= 0.6 is 24.0 Å². The highest BCUT2D eigenvalue weighted by molar-refractivity contribution is 14.0. The maximum Gasteiger partial charge on any atom is 0.191 e. The Morgan fingerprint density at radius 1 is 1.22 bits per heavy atom. The van der Waals surface area contributed by atoms with Gasteiger partial charge in [-0.15, -0.1) is 24.0 Å². The molecule has 2 N–H and O–H groups in total. The number of halogens is 2. The standard InChI is InChI=1S/C24H32FN3O3.HI/c1-3-26-24(27-11-7-13-30-18(2)19-8-5-4-6-9-19)28-12-10-20-14-22(25)15-21-16-29-17-31-23(20)21;/h4-6,8-9,14-15,18H,3,7,10-13,16-17H2,1-2H3,(H2,26,27,28);1H. The number of guanidine groups is 1. The van der Waals surface area contributed by atoms with E-state index in [0.717, 1.165) is 35.8 Å². The molecule has 0 amide bonds. The zero-order valence-corrected chi connectivity index (χ0v) is 21.1. The van der Waals surface area contributed by atoms with Crippen LogP contribution in [0.5, 0.6) is 5.75 Å². The molecule has 3 rings (SSSR count). The van der Waals surface area contributed by atoms with Gasteiger partial charge in [0.2, 0.25) is 0 Å². The normalized spacial score (nSPS) is 14.0. The van der Waals surface area contributed by atoms with Gasteiger partial charge in [-0.2, -0.15) is 0 Å². The first-order valence-electron chi connectivity index (χ1n) is 10.9. The van der Waals surface area contributed by atoms with Gasteiger partial charge in [0.25, 0.3) is 0 Å². The van der Waals surface area contributed by atoms with Gasteiger partial charge in [0.15, 0.2) is 12.8 Å². The maximum atomic E-state index is 13.9. The summed E-state index contributed by atoms with van der Waals surface area (Å²) in [4.78, 5) is 4.61. The van der Waals surface area contributed by atoms with Crippen LogP contribution in [0.25, 0.3) is 0 Å². The number of fused-ring (bicyclic) bond motifs is 1. The molecule has 0 saturated heterocycles. The number of hydrogen-bond donors (Lipinski definition) is 2. The smallest absolute Gasteiger partial charge is 0.191 e. The molecule has 0 radical (unpaired) electrons. The van der Waals surface area contributed by atoms with Gasteiger partial charge in [-0.25, -0.2) is 4.39 Å². The Morgan fingerprint density at radius 3 is 2.81 bits per heavy atom. The molecule has 32 heavy (non-hydrogen) atoms. The number of aliphatic imine (C=N–C) groups is 1. The molecule has 2 aromatic carbocycles. The van der Waals surface area contributed by atoms with Crippen molar-refractivity contribution in [3.05, 3.63) is 65.0 Å². The predicted octanol–water partition coefficient (Wildman–Crippen LogP) is 4.58. The molecule has 8 heteroatoms. The second kappa shape index (κ2) is 14.3. The first-order valence-corrected chi connectivity index (χ1v) is 10.9. The fourth-order valence-electron chi connectivity index (χ4n) is 3.44. The summed E-state index contributed by atoms with van der Waals surface area (Å²) < 4.78 is 30.6. The minimum absolute atomic E-state index is 0. The summed E-state index contributed by atoms with van der Waals surface area (Å²) in [5.41, 5.74) is 2.77. The molecule has 0 spiro atoms. The van der Waals surface area contributed by atoms with E-state index in [0.29, 0.717) is 32.7 Å². The summed E-state index contributed by atoms with van der Waals surface area (Å²) in [7, 11) is 0. The maximum absolute atomic E-state index is 13.9. The topological polar surface area (TPSA) is 64.1 Å². The predicted molar refractivity (Wildman–Crippen MR) is 135 cm³/mol. The Kier molecular flexibility index (Phi) is 11.8. The van der Waals surface area contributed by atoms with Gasteiger partial charge >= 0.3 is 0 Å². The van der Waals surface area contributed by atoms with Crippen LogP contribution in [-0.2, 0) is 22.5 Å². The molecule has 0 aliphatic carbocycles. The van der Waals surface area contributed by atoms with Crippen LogP contribution in [0.15, 0.2) is 47.5 Å². The number of ether oxygens (including phenoxy) is 3. The van der Waals surface area contributed by atoms with Crippen LogP contribution in [0.4, 0.5) is 4.39 Å². The number of rotatable bonds is 10. The Labute approximate surface area is 207 Å². The quantitative estimate of drug-likeness (QED) is 0.194. The Balaban J connectivity index is 0.00000363. The number of nitrogens with zero attached hydrogens (tertiary/aromatic N) is 1. The molecule has 176 valence electrons. The molecule has 1 aliphatic rings. The first-order chi connectivity index (χ1) is 15.2. The number of benzene rings is 2. The molecule has 0 fully saturated rings. The van der Waals surface area contributed by atoms with E-state index < -0.39 is 0 Å².